The molecule has 5 heterocycles. The Kier molecular flexibility index (Phi) is 6.15. The van der Waals surface area contributed by atoms with Crippen LogP contribution in [0.15, 0.2) is 71.5 Å². The normalized spacial score (nSPS) is 13.5. The Bertz CT molecular complexity index is 1750. The number of H-pyrrole nitrogens is 2. The number of nitrogens with zero attached hydrogens (tertiary/aromatic N) is 3. The number of carbonyl (C=O) groups is 1. The molecule has 0 aliphatic heterocycles. The molecule has 9 heteroatoms. The van der Waals surface area contributed by atoms with Crippen molar-refractivity contribution in [3.05, 3.63) is 88.3 Å². The summed E-state index contributed by atoms with van der Waals surface area (Å²) < 4.78 is 0. The van der Waals surface area contributed by atoms with E-state index >= 15 is 0 Å². The predicted molar refractivity (Wildman–Crippen MR) is 157 cm³/mol. The number of hydrogen-bond acceptors (Lipinski definition) is 6. The standard InChI is InChI=1S/C30H29N7OS/c1-30(2,3)12-27(38)34-21-8-18(13-32-15-21)19-9-24-28(36-37-29(24)33-14-19)26-11-23-22(17-6-7-39-16-17)5-4-20(31)10-25(23)35-26/h4-9,11,13-16,35H,10,12,31H2,1-3H3,(H,34,38)(H,33,36,37). The number of anilines is 1. The van der Waals surface area contributed by atoms with Crippen molar-refractivity contribution < 1.29 is 4.79 Å². The molecule has 5 N–H and O–H groups in total. The van der Waals surface area contributed by atoms with Crippen LogP contribution in [0.2, 0.25) is 0 Å². The summed E-state index contributed by atoms with van der Waals surface area (Å²) in [6, 6.07) is 8.24. The highest BCUT2D eigenvalue weighted by atomic mass is 32.1. The van der Waals surface area contributed by atoms with E-state index in [1.54, 1.807) is 29.9 Å². The van der Waals surface area contributed by atoms with Gasteiger partial charge in [-0.25, -0.2) is 4.98 Å². The van der Waals surface area contributed by atoms with Gasteiger partial charge in [0.1, 0.15) is 0 Å². The molecule has 1 aliphatic carbocycles. The summed E-state index contributed by atoms with van der Waals surface area (Å²) in [5.74, 6) is -0.0370. The van der Waals surface area contributed by atoms with Crippen molar-refractivity contribution >= 4 is 39.5 Å². The number of aromatic amines is 2. The Labute approximate surface area is 230 Å². The van der Waals surface area contributed by atoms with Crippen molar-refractivity contribution in [3.8, 4) is 22.5 Å². The Morgan fingerprint density at radius 1 is 1.10 bits per heavy atom. The third-order valence-electron chi connectivity index (χ3n) is 6.59. The van der Waals surface area contributed by atoms with Gasteiger partial charge in [-0.05, 0) is 57.7 Å². The van der Waals surface area contributed by atoms with E-state index in [0.29, 0.717) is 24.2 Å². The summed E-state index contributed by atoms with van der Waals surface area (Å²) in [6.45, 7) is 6.12. The molecular formula is C30H29N7OS. The first-order valence-electron chi connectivity index (χ1n) is 12.7. The molecule has 0 atom stereocenters. The molecule has 8 nitrogen and oxygen atoms in total. The molecule has 0 spiro atoms. The molecule has 6 rings (SSSR count). The maximum atomic E-state index is 12.5. The number of carbonyl (C=O) groups excluding carboxylic acids is 1. The number of nitrogens with two attached hydrogens (primary N) is 1. The summed E-state index contributed by atoms with van der Waals surface area (Å²) in [6.07, 6.45) is 10.3. The van der Waals surface area contributed by atoms with Crippen molar-refractivity contribution in [2.75, 3.05) is 5.32 Å². The Balaban J connectivity index is 1.35. The number of fused-ring (bicyclic) bond motifs is 2. The topological polar surface area (TPSA) is 125 Å². The number of pyridine rings is 2. The quantitative estimate of drug-likeness (QED) is 0.211. The van der Waals surface area contributed by atoms with Gasteiger partial charge >= 0.3 is 0 Å². The number of allylic oxidation sites excluding steroid dienone is 3. The van der Waals surface area contributed by atoms with Gasteiger partial charge in [0.05, 0.1) is 23.3 Å². The molecule has 0 unspecified atom stereocenters. The fourth-order valence-electron chi connectivity index (χ4n) is 4.84. The van der Waals surface area contributed by atoms with Crippen LogP contribution >= 0.6 is 11.3 Å². The molecule has 5 aromatic rings. The van der Waals surface area contributed by atoms with Crippen LogP contribution in [0.3, 0.4) is 0 Å². The van der Waals surface area contributed by atoms with Gasteiger partial charge in [0, 0.05) is 58.7 Å². The molecule has 0 bridgehead atoms. The largest absolute Gasteiger partial charge is 0.402 e. The van der Waals surface area contributed by atoms with Gasteiger partial charge in [-0.3, -0.25) is 14.9 Å². The number of amides is 1. The van der Waals surface area contributed by atoms with E-state index < -0.39 is 0 Å². The minimum absolute atomic E-state index is 0.0370. The molecule has 196 valence electrons. The summed E-state index contributed by atoms with van der Waals surface area (Å²) >= 11 is 1.67. The lowest BCUT2D eigenvalue weighted by Crippen LogP contribution is -2.19. The highest BCUT2D eigenvalue weighted by Crippen LogP contribution is 2.36. The summed E-state index contributed by atoms with van der Waals surface area (Å²) in [7, 11) is 0. The van der Waals surface area contributed by atoms with Crippen molar-refractivity contribution in [3.63, 3.8) is 0 Å². The van der Waals surface area contributed by atoms with Crippen LogP contribution in [-0.2, 0) is 11.2 Å². The van der Waals surface area contributed by atoms with Gasteiger partial charge in [-0.2, -0.15) is 16.4 Å². The zero-order valence-electron chi connectivity index (χ0n) is 22.0. The van der Waals surface area contributed by atoms with E-state index in [-0.39, 0.29) is 11.3 Å². The lowest BCUT2D eigenvalue weighted by Gasteiger charge is -2.17. The molecule has 5 aromatic heterocycles. The predicted octanol–water partition coefficient (Wildman–Crippen LogP) is 6.28. The van der Waals surface area contributed by atoms with Gasteiger partial charge in [0.25, 0.3) is 0 Å². The average molecular weight is 536 g/mol. The summed E-state index contributed by atoms with van der Waals surface area (Å²) in [4.78, 5) is 25.0. The minimum Gasteiger partial charge on any atom is -0.402 e. The Morgan fingerprint density at radius 2 is 1.95 bits per heavy atom. The SMILES string of the molecule is CC(C)(C)CC(=O)Nc1cncc(-c2cnc3n[nH]c(-c4cc5c([nH]4)CC(N)=CC=C5c4ccsc4)c3c2)c1. The molecule has 0 radical (unpaired) electrons. The van der Waals surface area contributed by atoms with Crippen molar-refractivity contribution in [1.82, 2.24) is 25.1 Å². The Hall–Kier alpha value is -4.50. The lowest BCUT2D eigenvalue weighted by molar-refractivity contribution is -0.117. The van der Waals surface area contributed by atoms with Crippen LogP contribution in [0.5, 0.6) is 0 Å². The van der Waals surface area contributed by atoms with Crippen molar-refractivity contribution in [2.24, 2.45) is 11.1 Å². The van der Waals surface area contributed by atoms with Crippen LogP contribution in [0.1, 0.15) is 44.0 Å². The number of rotatable bonds is 5. The molecule has 0 saturated heterocycles. The van der Waals surface area contributed by atoms with Gasteiger partial charge in [-0.1, -0.05) is 26.8 Å². The number of aromatic nitrogens is 5. The van der Waals surface area contributed by atoms with Gasteiger partial charge in [0.15, 0.2) is 5.65 Å². The lowest BCUT2D eigenvalue weighted by atomic mass is 9.92. The number of nitrogens with one attached hydrogen (secondary N) is 3. The van der Waals surface area contributed by atoms with Crippen LogP contribution in [-0.4, -0.2) is 31.1 Å². The average Bonchev–Trinajstić information content (AvgIpc) is 3.62. The number of hydrogen-bond donors (Lipinski definition) is 4. The van der Waals surface area contributed by atoms with Crippen molar-refractivity contribution in [2.45, 2.75) is 33.6 Å². The second kappa shape index (κ2) is 9.67. The molecule has 1 amide bonds. The molecule has 1 aliphatic rings. The first-order chi connectivity index (χ1) is 18.7. The monoisotopic (exact) mass is 535 g/mol. The van der Waals surface area contributed by atoms with Gasteiger partial charge < -0.3 is 16.0 Å². The molecule has 39 heavy (non-hydrogen) atoms. The highest BCUT2D eigenvalue weighted by Gasteiger charge is 2.20. The van der Waals surface area contributed by atoms with Crippen molar-refractivity contribution in [1.29, 1.82) is 0 Å². The van der Waals surface area contributed by atoms with E-state index in [2.05, 4.69) is 65.5 Å². The van der Waals surface area contributed by atoms with E-state index in [9.17, 15) is 4.79 Å². The molecule has 0 saturated carbocycles. The minimum atomic E-state index is -0.0970. The van der Waals surface area contributed by atoms with E-state index in [4.69, 9.17) is 5.73 Å². The molecule has 0 aromatic carbocycles. The maximum absolute atomic E-state index is 12.5. The van der Waals surface area contributed by atoms with E-state index in [1.807, 2.05) is 32.9 Å². The van der Waals surface area contributed by atoms with Gasteiger partial charge in [-0.15, -0.1) is 0 Å². The number of thiophene rings is 1. The summed E-state index contributed by atoms with van der Waals surface area (Å²) in [5.41, 5.74) is 16.2. The van der Waals surface area contributed by atoms with E-state index in [0.717, 1.165) is 56.0 Å². The van der Waals surface area contributed by atoms with Crippen LogP contribution in [0, 0.1) is 5.41 Å². The third kappa shape index (κ3) is 5.13. The third-order valence-corrected chi connectivity index (χ3v) is 7.28. The van der Waals surface area contributed by atoms with Crippen LogP contribution in [0.4, 0.5) is 5.69 Å². The fourth-order valence-corrected chi connectivity index (χ4v) is 5.50. The van der Waals surface area contributed by atoms with E-state index in [1.165, 1.54) is 0 Å². The second-order valence-electron chi connectivity index (χ2n) is 11.0. The zero-order chi connectivity index (χ0) is 27.1. The zero-order valence-corrected chi connectivity index (χ0v) is 22.8. The highest BCUT2D eigenvalue weighted by molar-refractivity contribution is 7.08. The van der Waals surface area contributed by atoms with Crippen LogP contribution in [0.25, 0.3) is 39.1 Å². The summed E-state index contributed by atoms with van der Waals surface area (Å²) in [5, 5.41) is 15.7. The van der Waals surface area contributed by atoms with Gasteiger partial charge in [0.2, 0.25) is 5.91 Å². The molecule has 0 fully saturated rings. The van der Waals surface area contributed by atoms with Crippen LogP contribution < -0.4 is 11.1 Å². The fraction of sp³-hybridized carbons (Fsp3) is 0.200. The first-order valence-corrected chi connectivity index (χ1v) is 13.7. The Morgan fingerprint density at radius 3 is 2.74 bits per heavy atom. The smallest absolute Gasteiger partial charge is 0.224 e. The first kappa shape index (κ1) is 24.8. The second-order valence-corrected chi connectivity index (χ2v) is 11.8. The maximum Gasteiger partial charge on any atom is 0.224 e. The molecular weight excluding hydrogens is 506 g/mol.